The molecule has 0 spiro atoms. The Hall–Kier alpha value is -6.03. The molecule has 232 valence electrons. The number of anilines is 3. The van der Waals surface area contributed by atoms with E-state index in [1.54, 1.807) is 11.3 Å². The maximum absolute atomic E-state index is 5.45. The van der Waals surface area contributed by atoms with Gasteiger partial charge in [-0.3, -0.25) is 0 Å². The molecule has 0 aliphatic rings. The van der Waals surface area contributed by atoms with Crippen molar-refractivity contribution in [1.29, 1.82) is 0 Å². The molecule has 9 rings (SSSR count). The van der Waals surface area contributed by atoms with Crippen LogP contribution in [0.1, 0.15) is 22.6 Å². The lowest BCUT2D eigenvalue weighted by Gasteiger charge is -2.25. The van der Waals surface area contributed by atoms with E-state index in [0.29, 0.717) is 0 Å². The Morgan fingerprint density at radius 1 is 0.408 bits per heavy atom. The topological polar surface area (TPSA) is 16.1 Å². The van der Waals surface area contributed by atoms with Crippen molar-refractivity contribution in [3.8, 4) is 10.6 Å². The molecule has 49 heavy (non-hydrogen) atoms. The first-order chi connectivity index (χ1) is 24.3. The third-order valence-corrected chi connectivity index (χ3v) is 10.5. The van der Waals surface area contributed by atoms with Gasteiger partial charge in [-0.25, -0.2) is 4.98 Å². The number of hydrogen-bond donors (Lipinski definition) is 0. The average molecular weight is 645 g/mol. The zero-order valence-corrected chi connectivity index (χ0v) is 27.6. The zero-order valence-electron chi connectivity index (χ0n) is 26.8. The van der Waals surface area contributed by atoms with Crippen molar-refractivity contribution in [3.63, 3.8) is 0 Å². The molecule has 0 radical (unpaired) electrons. The highest BCUT2D eigenvalue weighted by molar-refractivity contribution is 7.22. The largest absolute Gasteiger partial charge is 0.310 e. The Kier molecular flexibility index (Phi) is 7.45. The fourth-order valence-corrected chi connectivity index (χ4v) is 8.26. The van der Waals surface area contributed by atoms with Crippen LogP contribution < -0.4 is 4.90 Å². The van der Waals surface area contributed by atoms with Gasteiger partial charge in [-0.1, -0.05) is 146 Å². The van der Waals surface area contributed by atoms with Crippen molar-refractivity contribution in [2.75, 3.05) is 4.90 Å². The minimum absolute atomic E-state index is 0.116. The number of para-hydroxylation sites is 2. The quantitative estimate of drug-likeness (QED) is 0.127. The molecule has 3 heteroatoms. The molecular weight excluding hydrogens is 613 g/mol. The summed E-state index contributed by atoms with van der Waals surface area (Å²) in [7, 11) is 0. The number of hydrogen-bond acceptors (Lipinski definition) is 3. The van der Waals surface area contributed by atoms with Gasteiger partial charge < -0.3 is 4.90 Å². The first kappa shape index (κ1) is 29.1. The van der Waals surface area contributed by atoms with E-state index >= 15 is 0 Å². The lowest BCUT2D eigenvalue weighted by molar-refractivity contribution is 0.980. The Bertz CT molecular complexity index is 2460. The van der Waals surface area contributed by atoms with Crippen LogP contribution in [-0.2, 0) is 0 Å². The van der Waals surface area contributed by atoms with Crippen molar-refractivity contribution in [2.24, 2.45) is 0 Å². The Morgan fingerprint density at radius 2 is 0.939 bits per heavy atom. The third kappa shape index (κ3) is 5.35. The van der Waals surface area contributed by atoms with Crippen molar-refractivity contribution in [1.82, 2.24) is 4.98 Å². The molecule has 0 aliphatic carbocycles. The smallest absolute Gasteiger partial charge is 0.124 e. The van der Waals surface area contributed by atoms with Crippen LogP contribution in [0.15, 0.2) is 188 Å². The first-order valence-corrected chi connectivity index (χ1v) is 17.5. The van der Waals surface area contributed by atoms with Gasteiger partial charge >= 0.3 is 0 Å². The average Bonchev–Trinajstić information content (AvgIpc) is 3.64. The summed E-state index contributed by atoms with van der Waals surface area (Å²) in [5, 5.41) is 5.95. The zero-order chi connectivity index (χ0) is 32.6. The predicted octanol–water partition coefficient (Wildman–Crippen LogP) is 12.9. The van der Waals surface area contributed by atoms with Crippen LogP contribution in [0.3, 0.4) is 0 Å². The van der Waals surface area contributed by atoms with E-state index < -0.39 is 0 Å². The highest BCUT2D eigenvalue weighted by atomic mass is 32.1. The molecule has 0 atom stereocenters. The van der Waals surface area contributed by atoms with E-state index in [2.05, 4.69) is 193 Å². The third-order valence-electron chi connectivity index (χ3n) is 9.37. The number of thiazole rings is 1. The molecule has 0 unspecified atom stereocenters. The summed E-state index contributed by atoms with van der Waals surface area (Å²) in [5.74, 6) is 0.116. The van der Waals surface area contributed by atoms with Crippen LogP contribution in [-0.4, -0.2) is 4.98 Å². The van der Waals surface area contributed by atoms with Gasteiger partial charge in [0.1, 0.15) is 5.01 Å². The summed E-state index contributed by atoms with van der Waals surface area (Å²) >= 11 is 1.78. The van der Waals surface area contributed by atoms with Gasteiger partial charge in [0.05, 0.1) is 10.2 Å². The summed E-state index contributed by atoms with van der Waals surface area (Å²) in [6.07, 6.45) is 0. The highest BCUT2D eigenvalue weighted by Gasteiger charge is 2.21. The van der Waals surface area contributed by atoms with Crippen molar-refractivity contribution >= 4 is 60.2 Å². The number of nitrogens with zero attached hydrogens (tertiary/aromatic N) is 2. The van der Waals surface area contributed by atoms with Gasteiger partial charge in [0, 0.05) is 39.3 Å². The van der Waals surface area contributed by atoms with E-state index in [1.807, 2.05) is 0 Å². The van der Waals surface area contributed by atoms with E-state index in [0.717, 1.165) is 33.1 Å². The minimum Gasteiger partial charge on any atom is -0.310 e. The number of rotatable bonds is 7. The lowest BCUT2D eigenvalue weighted by Crippen LogP contribution is -2.09. The van der Waals surface area contributed by atoms with Crippen LogP contribution in [0.4, 0.5) is 17.1 Å². The predicted molar refractivity (Wildman–Crippen MR) is 209 cm³/mol. The fourth-order valence-electron chi connectivity index (χ4n) is 7.14. The number of fused-ring (bicyclic) bond motifs is 6. The highest BCUT2D eigenvalue weighted by Crippen LogP contribution is 2.44. The van der Waals surface area contributed by atoms with Gasteiger partial charge in [-0.15, -0.1) is 11.3 Å². The molecule has 2 nitrogen and oxygen atoms in total. The monoisotopic (exact) mass is 644 g/mol. The SMILES string of the molecule is c1ccc(C(c2ccccc2)c2ccc3c4ccccc4c4sc(-c5cccc(N(c6ccccc6)c6ccccc6)c5)nc4c3c2)cc1. The molecule has 0 N–H and O–H groups in total. The van der Waals surface area contributed by atoms with Gasteiger partial charge in [-0.2, -0.15) is 0 Å². The molecular formula is C46H32N2S. The minimum atomic E-state index is 0.116. The summed E-state index contributed by atoms with van der Waals surface area (Å²) in [4.78, 5) is 7.76. The van der Waals surface area contributed by atoms with E-state index in [9.17, 15) is 0 Å². The molecule has 0 fully saturated rings. The van der Waals surface area contributed by atoms with Gasteiger partial charge in [0.15, 0.2) is 0 Å². The standard InChI is InChI=1S/C46H32N2S/c1-5-16-32(17-6-1)43(33-18-7-2-8-19-33)34-28-29-40-39-26-13-14-27-41(39)45-44(42(40)31-34)47-46(49-45)35-20-15-25-38(30-35)48(36-21-9-3-10-22-36)37-23-11-4-12-24-37/h1-31,43H. The maximum atomic E-state index is 5.45. The summed E-state index contributed by atoms with van der Waals surface area (Å²) < 4.78 is 1.22. The molecule has 1 aromatic heterocycles. The molecule has 0 amide bonds. The molecule has 0 saturated carbocycles. The second kappa shape index (κ2) is 12.5. The molecule has 0 aliphatic heterocycles. The normalized spacial score (nSPS) is 11.4. The first-order valence-electron chi connectivity index (χ1n) is 16.7. The fraction of sp³-hybridized carbons (Fsp3) is 0.0217. The molecule has 1 heterocycles. The van der Waals surface area contributed by atoms with Crippen LogP contribution >= 0.6 is 11.3 Å². The maximum Gasteiger partial charge on any atom is 0.124 e. The second-order valence-corrected chi connectivity index (χ2v) is 13.4. The number of aromatic nitrogens is 1. The summed E-state index contributed by atoms with van der Waals surface area (Å²) in [5.41, 5.74) is 9.32. The van der Waals surface area contributed by atoms with E-state index in [1.165, 1.54) is 42.9 Å². The lowest BCUT2D eigenvalue weighted by atomic mass is 9.84. The van der Waals surface area contributed by atoms with E-state index in [4.69, 9.17) is 4.98 Å². The van der Waals surface area contributed by atoms with Crippen LogP contribution in [0, 0.1) is 0 Å². The van der Waals surface area contributed by atoms with Crippen molar-refractivity contribution < 1.29 is 0 Å². The summed E-state index contributed by atoms with van der Waals surface area (Å²) in [6, 6.07) is 67.4. The summed E-state index contributed by atoms with van der Waals surface area (Å²) in [6.45, 7) is 0. The Balaban J connectivity index is 1.24. The molecule has 9 aromatic rings. The second-order valence-electron chi connectivity index (χ2n) is 12.4. The number of benzene rings is 8. The van der Waals surface area contributed by atoms with Crippen LogP contribution in [0.2, 0.25) is 0 Å². The van der Waals surface area contributed by atoms with E-state index in [-0.39, 0.29) is 5.92 Å². The van der Waals surface area contributed by atoms with Gasteiger partial charge in [0.2, 0.25) is 0 Å². The van der Waals surface area contributed by atoms with Gasteiger partial charge in [-0.05, 0) is 69.9 Å². The molecule has 8 aromatic carbocycles. The van der Waals surface area contributed by atoms with Crippen LogP contribution in [0.25, 0.3) is 42.3 Å². The Morgan fingerprint density at radius 3 is 1.57 bits per heavy atom. The Labute approximate surface area is 290 Å². The molecule has 0 bridgehead atoms. The molecule has 0 saturated heterocycles. The van der Waals surface area contributed by atoms with Gasteiger partial charge in [0.25, 0.3) is 0 Å². The van der Waals surface area contributed by atoms with Crippen molar-refractivity contribution in [2.45, 2.75) is 5.92 Å². The van der Waals surface area contributed by atoms with Crippen molar-refractivity contribution in [3.05, 3.63) is 205 Å². The van der Waals surface area contributed by atoms with Crippen LogP contribution in [0.5, 0.6) is 0 Å².